The molecule has 0 radical (unpaired) electrons. The highest BCUT2D eigenvalue weighted by atomic mass is 19.4. The van der Waals surface area contributed by atoms with Crippen LogP contribution in [-0.4, -0.2) is 23.4 Å². The van der Waals surface area contributed by atoms with Gasteiger partial charge < -0.3 is 5.11 Å². The average molecular weight is 258 g/mol. The van der Waals surface area contributed by atoms with Crippen molar-refractivity contribution < 1.29 is 18.3 Å². The Morgan fingerprint density at radius 2 is 1.89 bits per heavy atom. The Morgan fingerprint density at radius 3 is 2.28 bits per heavy atom. The fourth-order valence-electron chi connectivity index (χ4n) is 1.45. The molecular formula is C12H13F3N2O. The van der Waals surface area contributed by atoms with Crippen molar-refractivity contribution in [2.24, 2.45) is 0 Å². The molecule has 0 heterocycles. The van der Waals surface area contributed by atoms with Gasteiger partial charge in [-0.2, -0.15) is 18.4 Å². The fraction of sp³-hybridized carbons (Fsp3) is 0.417. The molecule has 0 amide bonds. The molecule has 0 aliphatic rings. The average Bonchev–Trinajstić information content (AvgIpc) is 2.35. The number of benzene rings is 1. The molecule has 0 aliphatic carbocycles. The summed E-state index contributed by atoms with van der Waals surface area (Å²) in [4.78, 5) is 0. The van der Waals surface area contributed by atoms with Crippen molar-refractivity contribution in [2.45, 2.75) is 24.7 Å². The van der Waals surface area contributed by atoms with Crippen LogP contribution in [0.4, 0.5) is 13.2 Å². The van der Waals surface area contributed by atoms with Crippen LogP contribution in [0, 0.1) is 11.3 Å². The Hall–Kier alpha value is -1.58. The number of nitriles is 1. The van der Waals surface area contributed by atoms with Gasteiger partial charge in [0.1, 0.15) is 0 Å². The molecule has 1 aromatic carbocycles. The highest BCUT2D eigenvalue weighted by molar-refractivity contribution is 5.21. The first-order valence-corrected chi connectivity index (χ1v) is 5.25. The minimum absolute atomic E-state index is 0.491. The highest BCUT2D eigenvalue weighted by Crippen LogP contribution is 2.31. The Bertz CT molecular complexity index is 427. The predicted molar refractivity (Wildman–Crippen MR) is 59.5 cm³/mol. The standard InChI is InChI=1S/C12H13F3N2O/c1-11(8-16,12(13,14)15)17-10(7-18)9-5-3-2-4-6-9/h2-6,10,17-18H,7H2,1H3/t10?,11-/m0/s1. The zero-order valence-corrected chi connectivity index (χ0v) is 9.70. The molecule has 1 rings (SSSR count). The molecule has 0 fully saturated rings. The van der Waals surface area contributed by atoms with Gasteiger partial charge in [-0.25, -0.2) is 0 Å². The third kappa shape index (κ3) is 3.00. The van der Waals surface area contributed by atoms with E-state index in [0.717, 1.165) is 6.92 Å². The van der Waals surface area contributed by atoms with E-state index in [1.54, 1.807) is 30.3 Å². The Morgan fingerprint density at radius 1 is 1.33 bits per heavy atom. The smallest absolute Gasteiger partial charge is 0.394 e. The number of aliphatic hydroxyl groups is 1. The second-order valence-electron chi connectivity index (χ2n) is 4.02. The summed E-state index contributed by atoms with van der Waals surface area (Å²) in [5.41, 5.74) is -2.21. The van der Waals surface area contributed by atoms with Crippen LogP contribution in [0.1, 0.15) is 18.5 Å². The molecule has 0 aliphatic heterocycles. The maximum atomic E-state index is 12.8. The largest absolute Gasteiger partial charge is 0.419 e. The molecule has 2 N–H and O–H groups in total. The number of nitrogens with zero attached hydrogens (tertiary/aromatic N) is 1. The summed E-state index contributed by atoms with van der Waals surface area (Å²) in [5.74, 6) is 0. The molecular weight excluding hydrogens is 245 g/mol. The van der Waals surface area contributed by atoms with Crippen molar-refractivity contribution in [1.82, 2.24) is 5.32 Å². The number of hydrogen-bond acceptors (Lipinski definition) is 3. The maximum Gasteiger partial charge on any atom is 0.419 e. The zero-order valence-electron chi connectivity index (χ0n) is 9.70. The van der Waals surface area contributed by atoms with E-state index in [0.29, 0.717) is 5.56 Å². The van der Waals surface area contributed by atoms with Crippen LogP contribution in [0.5, 0.6) is 0 Å². The molecule has 0 aromatic heterocycles. The number of rotatable bonds is 4. The van der Waals surface area contributed by atoms with Crippen LogP contribution in [-0.2, 0) is 0 Å². The monoisotopic (exact) mass is 258 g/mol. The second kappa shape index (κ2) is 5.38. The van der Waals surface area contributed by atoms with Crippen LogP contribution < -0.4 is 5.32 Å². The molecule has 98 valence electrons. The first-order valence-electron chi connectivity index (χ1n) is 5.25. The number of hydrogen-bond donors (Lipinski definition) is 2. The van der Waals surface area contributed by atoms with Gasteiger partial charge in [0.05, 0.1) is 18.7 Å². The lowest BCUT2D eigenvalue weighted by atomic mass is 9.99. The van der Waals surface area contributed by atoms with E-state index < -0.39 is 24.4 Å². The van der Waals surface area contributed by atoms with E-state index in [1.165, 1.54) is 6.07 Å². The molecule has 6 heteroatoms. The van der Waals surface area contributed by atoms with E-state index in [1.807, 2.05) is 0 Å². The molecule has 1 unspecified atom stereocenters. The third-order valence-corrected chi connectivity index (χ3v) is 2.64. The minimum atomic E-state index is -4.72. The number of aliphatic hydroxyl groups excluding tert-OH is 1. The fourth-order valence-corrected chi connectivity index (χ4v) is 1.45. The lowest BCUT2D eigenvalue weighted by Crippen LogP contribution is -2.55. The number of halogens is 3. The highest BCUT2D eigenvalue weighted by Gasteiger charge is 2.52. The maximum absolute atomic E-state index is 12.8. The van der Waals surface area contributed by atoms with Crippen molar-refractivity contribution in [3.05, 3.63) is 35.9 Å². The van der Waals surface area contributed by atoms with Crippen molar-refractivity contribution in [3.8, 4) is 6.07 Å². The summed E-state index contributed by atoms with van der Waals surface area (Å²) in [6.07, 6.45) is -4.72. The Labute approximate surface area is 103 Å². The van der Waals surface area contributed by atoms with E-state index in [2.05, 4.69) is 5.32 Å². The van der Waals surface area contributed by atoms with Crippen molar-refractivity contribution in [2.75, 3.05) is 6.61 Å². The lowest BCUT2D eigenvalue weighted by Gasteiger charge is -2.30. The van der Waals surface area contributed by atoms with Gasteiger partial charge in [-0.3, -0.25) is 5.32 Å². The summed E-state index contributed by atoms with van der Waals surface area (Å²) in [6, 6.07) is 8.44. The normalized spacial score (nSPS) is 16.7. The summed E-state index contributed by atoms with van der Waals surface area (Å²) >= 11 is 0. The van der Waals surface area contributed by atoms with Crippen molar-refractivity contribution >= 4 is 0 Å². The first kappa shape index (κ1) is 14.5. The van der Waals surface area contributed by atoms with E-state index >= 15 is 0 Å². The van der Waals surface area contributed by atoms with Gasteiger partial charge >= 0.3 is 6.18 Å². The molecule has 0 spiro atoms. The van der Waals surface area contributed by atoms with Crippen LogP contribution in [0.3, 0.4) is 0 Å². The van der Waals surface area contributed by atoms with Gasteiger partial charge in [-0.1, -0.05) is 30.3 Å². The van der Waals surface area contributed by atoms with Gasteiger partial charge in [-0.05, 0) is 12.5 Å². The van der Waals surface area contributed by atoms with Crippen LogP contribution in [0.15, 0.2) is 30.3 Å². The van der Waals surface area contributed by atoms with Gasteiger partial charge in [0.2, 0.25) is 5.54 Å². The second-order valence-corrected chi connectivity index (χ2v) is 4.02. The topological polar surface area (TPSA) is 56.0 Å². The van der Waals surface area contributed by atoms with Gasteiger partial charge in [-0.15, -0.1) is 0 Å². The summed E-state index contributed by atoms with van der Waals surface area (Å²) < 4.78 is 38.3. The zero-order chi connectivity index (χ0) is 13.8. The van der Waals surface area contributed by atoms with Crippen molar-refractivity contribution in [3.63, 3.8) is 0 Å². The molecule has 1 aromatic rings. The van der Waals surface area contributed by atoms with E-state index in [4.69, 9.17) is 10.4 Å². The first-order chi connectivity index (χ1) is 8.34. The van der Waals surface area contributed by atoms with Crippen LogP contribution in [0.2, 0.25) is 0 Å². The molecule has 2 atom stereocenters. The Balaban J connectivity index is 2.97. The van der Waals surface area contributed by atoms with Crippen LogP contribution >= 0.6 is 0 Å². The van der Waals surface area contributed by atoms with Crippen molar-refractivity contribution in [1.29, 1.82) is 5.26 Å². The predicted octanol–water partition coefficient (Wildman–Crippen LogP) is 2.15. The summed E-state index contributed by atoms with van der Waals surface area (Å²) in [5, 5.41) is 20.0. The molecule has 0 saturated heterocycles. The molecule has 0 bridgehead atoms. The molecule has 0 saturated carbocycles. The summed E-state index contributed by atoms with van der Waals surface area (Å²) in [7, 11) is 0. The molecule has 3 nitrogen and oxygen atoms in total. The SMILES string of the molecule is C[C@@](C#N)(NC(CO)c1ccccc1)C(F)(F)F. The van der Waals surface area contributed by atoms with Crippen LogP contribution in [0.25, 0.3) is 0 Å². The van der Waals surface area contributed by atoms with Gasteiger partial charge in [0.25, 0.3) is 0 Å². The Kier molecular flexibility index (Phi) is 4.33. The third-order valence-electron chi connectivity index (χ3n) is 2.64. The van der Waals surface area contributed by atoms with Gasteiger partial charge in [0, 0.05) is 0 Å². The number of alkyl halides is 3. The minimum Gasteiger partial charge on any atom is -0.394 e. The van der Waals surface area contributed by atoms with Gasteiger partial charge in [0.15, 0.2) is 0 Å². The van der Waals surface area contributed by atoms with E-state index in [-0.39, 0.29) is 0 Å². The summed E-state index contributed by atoms with van der Waals surface area (Å²) in [6.45, 7) is 0.218. The number of nitrogens with one attached hydrogen (secondary N) is 1. The van der Waals surface area contributed by atoms with E-state index in [9.17, 15) is 13.2 Å². The lowest BCUT2D eigenvalue weighted by molar-refractivity contribution is -0.177. The quantitative estimate of drug-likeness (QED) is 0.870. The molecule has 18 heavy (non-hydrogen) atoms.